The predicted octanol–water partition coefficient (Wildman–Crippen LogP) is 0.644. The van der Waals surface area contributed by atoms with Crippen LogP contribution in [0.2, 0.25) is 0 Å². The Morgan fingerprint density at radius 2 is 2.15 bits per heavy atom. The second kappa shape index (κ2) is 6.23. The number of rotatable bonds is 3. The summed E-state index contributed by atoms with van der Waals surface area (Å²) in [5, 5.41) is 9.18. The van der Waals surface area contributed by atoms with Crippen molar-refractivity contribution in [1.29, 1.82) is 0 Å². The number of carboxylic acid groups (broad SMARTS) is 1. The molecular weight excluding hydrogens is 266 g/mol. The van der Waals surface area contributed by atoms with Gasteiger partial charge in [0.2, 0.25) is 0 Å². The molecule has 1 amide bonds. The maximum Gasteiger partial charge on any atom is 0.410 e. The summed E-state index contributed by atoms with van der Waals surface area (Å²) in [6.07, 6.45) is 1.05. The number of carbonyl (C=O) groups is 2. The molecule has 112 valence electrons. The van der Waals surface area contributed by atoms with E-state index in [1.165, 1.54) is 11.0 Å². The highest BCUT2D eigenvalue weighted by Crippen LogP contribution is 2.31. The van der Waals surface area contributed by atoms with Gasteiger partial charge < -0.3 is 24.2 Å². The molecule has 2 aliphatic heterocycles. The van der Waals surface area contributed by atoms with E-state index in [2.05, 4.69) is 6.58 Å². The third-order valence-electron chi connectivity index (χ3n) is 3.52. The van der Waals surface area contributed by atoms with Crippen LogP contribution in [0.25, 0.3) is 0 Å². The molecule has 2 heterocycles. The van der Waals surface area contributed by atoms with Crippen molar-refractivity contribution in [3.63, 3.8) is 0 Å². The average molecular weight is 285 g/mol. The van der Waals surface area contributed by atoms with Crippen molar-refractivity contribution in [3.05, 3.63) is 12.7 Å². The Balaban J connectivity index is 2.09. The van der Waals surface area contributed by atoms with Crippen LogP contribution < -0.4 is 0 Å². The first-order valence-electron chi connectivity index (χ1n) is 6.57. The van der Waals surface area contributed by atoms with Crippen molar-refractivity contribution in [2.24, 2.45) is 0 Å². The lowest BCUT2D eigenvalue weighted by Crippen LogP contribution is -2.60. The van der Waals surface area contributed by atoms with E-state index < -0.39 is 23.8 Å². The SMILES string of the molecule is C=CCOC(=O)N1CC(C(=O)O)OC2(CCOCC2)C1. The van der Waals surface area contributed by atoms with Gasteiger partial charge in [-0.3, -0.25) is 0 Å². The van der Waals surface area contributed by atoms with Gasteiger partial charge in [-0.2, -0.15) is 0 Å². The van der Waals surface area contributed by atoms with E-state index in [-0.39, 0.29) is 13.2 Å². The van der Waals surface area contributed by atoms with Crippen molar-refractivity contribution in [2.75, 3.05) is 32.9 Å². The molecule has 2 fully saturated rings. The number of morpholine rings is 1. The van der Waals surface area contributed by atoms with E-state index in [9.17, 15) is 14.7 Å². The third kappa shape index (κ3) is 3.29. The summed E-state index contributed by atoms with van der Waals surface area (Å²) >= 11 is 0. The fraction of sp³-hybridized carbons (Fsp3) is 0.692. The van der Waals surface area contributed by atoms with Crippen molar-refractivity contribution in [3.8, 4) is 0 Å². The van der Waals surface area contributed by atoms with Crippen LogP contribution in [0.3, 0.4) is 0 Å². The number of aliphatic carboxylic acids is 1. The van der Waals surface area contributed by atoms with E-state index in [0.29, 0.717) is 32.6 Å². The largest absolute Gasteiger partial charge is 0.479 e. The molecule has 20 heavy (non-hydrogen) atoms. The number of nitrogens with zero attached hydrogens (tertiary/aromatic N) is 1. The van der Waals surface area contributed by atoms with Gasteiger partial charge in [-0.15, -0.1) is 0 Å². The van der Waals surface area contributed by atoms with Crippen molar-refractivity contribution in [1.82, 2.24) is 4.90 Å². The molecular formula is C13H19NO6. The number of carbonyl (C=O) groups excluding carboxylic acids is 1. The van der Waals surface area contributed by atoms with Gasteiger partial charge in [-0.05, 0) is 0 Å². The summed E-state index contributed by atoms with van der Waals surface area (Å²) in [4.78, 5) is 24.5. The molecule has 2 aliphatic rings. The molecule has 7 heteroatoms. The summed E-state index contributed by atoms with van der Waals surface area (Å²) in [6, 6.07) is 0. The monoisotopic (exact) mass is 285 g/mol. The number of hydrogen-bond acceptors (Lipinski definition) is 5. The van der Waals surface area contributed by atoms with Crippen molar-refractivity contribution in [2.45, 2.75) is 24.5 Å². The van der Waals surface area contributed by atoms with Crippen LogP contribution in [0, 0.1) is 0 Å². The molecule has 0 aromatic carbocycles. The smallest absolute Gasteiger partial charge is 0.410 e. The van der Waals surface area contributed by atoms with Gasteiger partial charge in [0.25, 0.3) is 0 Å². The molecule has 0 radical (unpaired) electrons. The molecule has 7 nitrogen and oxygen atoms in total. The van der Waals surface area contributed by atoms with Crippen LogP contribution in [0.1, 0.15) is 12.8 Å². The first kappa shape index (κ1) is 14.8. The van der Waals surface area contributed by atoms with E-state index in [4.69, 9.17) is 14.2 Å². The molecule has 0 aromatic heterocycles. The number of ether oxygens (including phenoxy) is 3. The second-order valence-electron chi connectivity index (χ2n) is 4.99. The van der Waals surface area contributed by atoms with E-state index in [1.807, 2.05) is 0 Å². The maximum absolute atomic E-state index is 11.9. The minimum absolute atomic E-state index is 0.00604. The summed E-state index contributed by atoms with van der Waals surface area (Å²) in [6.45, 7) is 4.90. The fourth-order valence-corrected chi connectivity index (χ4v) is 2.50. The van der Waals surface area contributed by atoms with Gasteiger partial charge in [-0.25, -0.2) is 9.59 Å². The molecule has 0 bridgehead atoms. The van der Waals surface area contributed by atoms with Gasteiger partial charge in [-0.1, -0.05) is 12.7 Å². The molecule has 1 unspecified atom stereocenters. The minimum Gasteiger partial charge on any atom is -0.479 e. The first-order valence-corrected chi connectivity index (χ1v) is 6.57. The van der Waals surface area contributed by atoms with Crippen molar-refractivity contribution >= 4 is 12.1 Å². The van der Waals surface area contributed by atoms with Crippen LogP contribution in [-0.2, 0) is 19.0 Å². The minimum atomic E-state index is -1.07. The Morgan fingerprint density at radius 3 is 2.75 bits per heavy atom. The van der Waals surface area contributed by atoms with Crippen LogP contribution >= 0.6 is 0 Å². The molecule has 2 saturated heterocycles. The van der Waals surface area contributed by atoms with Gasteiger partial charge >= 0.3 is 12.1 Å². The summed E-state index contributed by atoms with van der Waals surface area (Å²) in [5.41, 5.74) is -0.646. The van der Waals surface area contributed by atoms with Crippen LogP contribution in [0.5, 0.6) is 0 Å². The third-order valence-corrected chi connectivity index (χ3v) is 3.52. The summed E-state index contributed by atoms with van der Waals surface area (Å²) in [5.74, 6) is -1.07. The molecule has 1 atom stereocenters. The number of carboxylic acids is 1. The highest BCUT2D eigenvalue weighted by molar-refractivity contribution is 5.75. The quantitative estimate of drug-likeness (QED) is 0.766. The topological polar surface area (TPSA) is 85.3 Å². The molecule has 2 rings (SSSR count). The lowest BCUT2D eigenvalue weighted by molar-refractivity contribution is -0.199. The Morgan fingerprint density at radius 1 is 1.45 bits per heavy atom. The van der Waals surface area contributed by atoms with Crippen LogP contribution in [-0.4, -0.2) is 66.7 Å². The lowest BCUT2D eigenvalue weighted by atomic mass is 9.91. The molecule has 1 spiro atoms. The normalized spacial score (nSPS) is 25.2. The zero-order valence-electron chi connectivity index (χ0n) is 11.2. The molecule has 1 N–H and O–H groups in total. The summed E-state index contributed by atoms with van der Waals surface area (Å²) < 4.78 is 16.0. The Labute approximate surface area is 117 Å². The van der Waals surface area contributed by atoms with E-state index in [0.717, 1.165) is 0 Å². The fourth-order valence-electron chi connectivity index (χ4n) is 2.50. The van der Waals surface area contributed by atoms with E-state index >= 15 is 0 Å². The van der Waals surface area contributed by atoms with E-state index in [1.54, 1.807) is 0 Å². The van der Waals surface area contributed by atoms with Gasteiger partial charge in [0.1, 0.15) is 6.61 Å². The molecule has 0 aliphatic carbocycles. The second-order valence-corrected chi connectivity index (χ2v) is 4.99. The summed E-state index contributed by atoms with van der Waals surface area (Å²) in [7, 11) is 0. The zero-order chi connectivity index (χ0) is 14.6. The average Bonchev–Trinajstić information content (AvgIpc) is 2.45. The Bertz CT molecular complexity index is 390. The van der Waals surface area contributed by atoms with Gasteiger partial charge in [0.15, 0.2) is 6.10 Å². The van der Waals surface area contributed by atoms with Crippen molar-refractivity contribution < 1.29 is 28.9 Å². The van der Waals surface area contributed by atoms with Gasteiger partial charge in [0.05, 0.1) is 18.7 Å². The van der Waals surface area contributed by atoms with Gasteiger partial charge in [0, 0.05) is 26.1 Å². The first-order chi connectivity index (χ1) is 9.56. The highest BCUT2D eigenvalue weighted by atomic mass is 16.6. The molecule has 0 saturated carbocycles. The lowest BCUT2D eigenvalue weighted by Gasteiger charge is -2.46. The van der Waals surface area contributed by atoms with Crippen LogP contribution in [0.15, 0.2) is 12.7 Å². The predicted molar refractivity (Wildman–Crippen MR) is 68.4 cm³/mol. The maximum atomic E-state index is 11.9. The zero-order valence-corrected chi connectivity index (χ0v) is 11.2. The Hall–Kier alpha value is -1.60. The highest BCUT2D eigenvalue weighted by Gasteiger charge is 2.45. The number of hydrogen-bond donors (Lipinski definition) is 1. The van der Waals surface area contributed by atoms with Crippen LogP contribution in [0.4, 0.5) is 4.79 Å². The molecule has 0 aromatic rings. The standard InChI is InChI=1S/C13H19NO6/c1-2-5-19-12(17)14-8-10(11(15)16)20-13(9-14)3-6-18-7-4-13/h2,10H,1,3-9H2,(H,15,16). The Kier molecular flexibility index (Phi) is 4.61. The number of amides is 1.